The van der Waals surface area contributed by atoms with Gasteiger partial charge in [0.05, 0.1) is 27.4 Å². The summed E-state index contributed by atoms with van der Waals surface area (Å²) in [5.74, 6) is 2.70. The van der Waals surface area contributed by atoms with E-state index < -0.39 is 0 Å². The van der Waals surface area contributed by atoms with Crippen LogP contribution in [0.3, 0.4) is 0 Å². The minimum Gasteiger partial charge on any atom is -0.493 e. The van der Waals surface area contributed by atoms with Gasteiger partial charge in [-0.25, -0.2) is 0 Å². The van der Waals surface area contributed by atoms with Crippen LogP contribution in [0.1, 0.15) is 38.2 Å². The van der Waals surface area contributed by atoms with Gasteiger partial charge in [-0.05, 0) is 43.9 Å². The van der Waals surface area contributed by atoms with Crippen LogP contribution in [0.15, 0.2) is 17.1 Å². The molecule has 0 heterocycles. The number of guanidine groups is 1. The Morgan fingerprint density at radius 1 is 1.14 bits per heavy atom. The van der Waals surface area contributed by atoms with Crippen molar-refractivity contribution in [2.45, 2.75) is 51.3 Å². The molecule has 2 atom stereocenters. The lowest BCUT2D eigenvalue weighted by Crippen LogP contribution is -2.68. The smallest absolute Gasteiger partial charge is 0.203 e. The highest BCUT2D eigenvalue weighted by molar-refractivity contribution is 5.80. The first-order valence-electron chi connectivity index (χ1n) is 9.99. The van der Waals surface area contributed by atoms with Crippen molar-refractivity contribution in [1.29, 1.82) is 0 Å². The molecule has 0 bridgehead atoms. The van der Waals surface area contributed by atoms with E-state index in [4.69, 9.17) is 18.9 Å². The Balaban J connectivity index is 1.62. The van der Waals surface area contributed by atoms with Crippen LogP contribution in [0, 0.1) is 5.41 Å². The average molecular weight is 392 g/mol. The van der Waals surface area contributed by atoms with Crippen molar-refractivity contribution in [2.24, 2.45) is 10.4 Å². The molecule has 2 aliphatic carbocycles. The zero-order chi connectivity index (χ0) is 20.1. The molecule has 2 aliphatic rings. The Kier molecular flexibility index (Phi) is 6.54. The predicted octanol–water partition coefficient (Wildman–Crippen LogP) is 2.73. The van der Waals surface area contributed by atoms with Crippen LogP contribution in [0.2, 0.25) is 0 Å². The highest BCUT2D eigenvalue weighted by Crippen LogP contribution is 2.57. The Hall–Kier alpha value is -2.15. The Bertz CT molecular complexity index is 678. The summed E-state index contributed by atoms with van der Waals surface area (Å²) in [6.07, 6.45) is 5.19. The second kappa shape index (κ2) is 8.90. The average Bonchev–Trinajstić information content (AvgIpc) is 2.67. The molecule has 2 unspecified atom stereocenters. The van der Waals surface area contributed by atoms with E-state index in [0.717, 1.165) is 24.6 Å². The highest BCUT2D eigenvalue weighted by atomic mass is 16.5. The lowest BCUT2D eigenvalue weighted by Gasteiger charge is -2.61. The summed E-state index contributed by atoms with van der Waals surface area (Å²) in [7, 11) is 6.65. The van der Waals surface area contributed by atoms with Gasteiger partial charge < -0.3 is 29.6 Å². The minimum atomic E-state index is 0.292. The van der Waals surface area contributed by atoms with Gasteiger partial charge >= 0.3 is 0 Å². The van der Waals surface area contributed by atoms with Gasteiger partial charge in [-0.1, -0.05) is 6.42 Å². The number of ether oxygens (including phenoxy) is 4. The lowest BCUT2D eigenvalue weighted by atomic mass is 9.51. The number of aliphatic imine (C=N–C) groups is 1. The van der Waals surface area contributed by atoms with Crippen molar-refractivity contribution in [3.8, 4) is 17.2 Å². The highest BCUT2D eigenvalue weighted by Gasteiger charge is 2.59. The first-order chi connectivity index (χ1) is 13.6. The van der Waals surface area contributed by atoms with Gasteiger partial charge in [0.25, 0.3) is 0 Å². The Morgan fingerprint density at radius 2 is 1.82 bits per heavy atom. The number of benzene rings is 1. The molecule has 7 heteroatoms. The van der Waals surface area contributed by atoms with Gasteiger partial charge in [0.2, 0.25) is 5.75 Å². The van der Waals surface area contributed by atoms with Gasteiger partial charge in [-0.3, -0.25) is 4.99 Å². The molecule has 1 spiro atoms. The molecular weight excluding hydrogens is 358 g/mol. The lowest BCUT2D eigenvalue weighted by molar-refractivity contribution is -0.168. The van der Waals surface area contributed by atoms with Gasteiger partial charge in [-0.15, -0.1) is 0 Å². The van der Waals surface area contributed by atoms with Crippen LogP contribution in [-0.2, 0) is 11.3 Å². The Morgan fingerprint density at radius 3 is 2.29 bits per heavy atom. The third-order valence-electron chi connectivity index (χ3n) is 6.16. The summed E-state index contributed by atoms with van der Waals surface area (Å²) in [6, 6.07) is 4.32. The standard InChI is InChI=1S/C21H33N3O4/c1-6-28-18-12-17(21(18)8-7-9-21)24-20(22-2)23-13-14-10-15(25-3)19(27-5)16(11-14)26-4/h10-11,17-18H,6-9,12-13H2,1-5H3,(H2,22,23,24). The number of methoxy groups -OCH3 is 3. The molecule has 0 saturated heterocycles. The summed E-state index contributed by atoms with van der Waals surface area (Å²) in [5.41, 5.74) is 1.32. The molecule has 0 aromatic heterocycles. The maximum Gasteiger partial charge on any atom is 0.203 e. The quantitative estimate of drug-likeness (QED) is 0.524. The fraction of sp³-hybridized carbons (Fsp3) is 0.667. The number of hydrogen-bond donors (Lipinski definition) is 2. The summed E-state index contributed by atoms with van der Waals surface area (Å²) < 4.78 is 22.2. The zero-order valence-corrected chi connectivity index (χ0v) is 17.6. The molecule has 0 aliphatic heterocycles. The number of nitrogens with zero attached hydrogens (tertiary/aromatic N) is 1. The van der Waals surface area contributed by atoms with Gasteiger partial charge in [0.15, 0.2) is 17.5 Å². The fourth-order valence-corrected chi connectivity index (χ4v) is 4.42. The largest absolute Gasteiger partial charge is 0.493 e. The molecule has 2 N–H and O–H groups in total. The van der Waals surface area contributed by atoms with Crippen LogP contribution in [0.5, 0.6) is 17.2 Å². The topological polar surface area (TPSA) is 73.3 Å². The van der Waals surface area contributed by atoms with Crippen molar-refractivity contribution in [3.05, 3.63) is 17.7 Å². The molecule has 0 amide bonds. The number of nitrogens with one attached hydrogen (secondary N) is 2. The van der Waals surface area contributed by atoms with E-state index in [1.807, 2.05) is 12.1 Å². The monoisotopic (exact) mass is 391 g/mol. The molecule has 28 heavy (non-hydrogen) atoms. The first kappa shape index (κ1) is 20.6. The van der Waals surface area contributed by atoms with Gasteiger partial charge in [-0.2, -0.15) is 0 Å². The maximum absolute atomic E-state index is 5.94. The zero-order valence-electron chi connectivity index (χ0n) is 17.6. The van der Waals surface area contributed by atoms with E-state index in [1.54, 1.807) is 28.4 Å². The van der Waals surface area contributed by atoms with Crippen LogP contribution in [0.4, 0.5) is 0 Å². The van der Waals surface area contributed by atoms with E-state index in [9.17, 15) is 0 Å². The van der Waals surface area contributed by atoms with Crippen LogP contribution in [0.25, 0.3) is 0 Å². The van der Waals surface area contributed by atoms with E-state index in [1.165, 1.54) is 19.3 Å². The third kappa shape index (κ3) is 3.72. The van der Waals surface area contributed by atoms with Crippen LogP contribution >= 0.6 is 0 Å². The SMILES string of the molecule is CCOC1CC(NC(=NC)NCc2cc(OC)c(OC)c(OC)c2)C12CCC2. The molecule has 2 fully saturated rings. The van der Waals surface area contributed by atoms with Gasteiger partial charge in [0.1, 0.15) is 0 Å². The van der Waals surface area contributed by atoms with E-state index in [-0.39, 0.29) is 0 Å². The van der Waals surface area contributed by atoms with Crippen LogP contribution in [-0.4, -0.2) is 53.1 Å². The maximum atomic E-state index is 5.94. The van der Waals surface area contributed by atoms with Crippen molar-refractivity contribution in [2.75, 3.05) is 35.0 Å². The fourth-order valence-electron chi connectivity index (χ4n) is 4.42. The second-order valence-electron chi connectivity index (χ2n) is 7.42. The van der Waals surface area contributed by atoms with E-state index in [0.29, 0.717) is 41.4 Å². The first-order valence-corrected chi connectivity index (χ1v) is 9.99. The molecule has 0 radical (unpaired) electrons. The van der Waals surface area contributed by atoms with E-state index in [2.05, 4.69) is 22.5 Å². The number of hydrogen-bond acceptors (Lipinski definition) is 5. The summed E-state index contributed by atoms with van der Waals surface area (Å²) >= 11 is 0. The van der Waals surface area contributed by atoms with Crippen molar-refractivity contribution in [3.63, 3.8) is 0 Å². The number of rotatable bonds is 8. The molecule has 1 aromatic carbocycles. The van der Waals surface area contributed by atoms with Crippen molar-refractivity contribution in [1.82, 2.24) is 10.6 Å². The molecule has 156 valence electrons. The normalized spacial score (nSPS) is 22.8. The summed E-state index contributed by atoms with van der Waals surface area (Å²) in [5, 5.41) is 7.01. The molecule has 3 rings (SSSR count). The van der Waals surface area contributed by atoms with E-state index >= 15 is 0 Å². The third-order valence-corrected chi connectivity index (χ3v) is 6.16. The molecule has 1 aromatic rings. The minimum absolute atomic E-state index is 0.292. The van der Waals surface area contributed by atoms with Crippen LogP contribution < -0.4 is 24.8 Å². The molecule has 7 nitrogen and oxygen atoms in total. The van der Waals surface area contributed by atoms with Crippen molar-refractivity contribution < 1.29 is 18.9 Å². The van der Waals surface area contributed by atoms with Crippen molar-refractivity contribution >= 4 is 5.96 Å². The molecule has 2 saturated carbocycles. The summed E-state index contributed by atoms with van der Waals surface area (Å²) in [4.78, 5) is 4.41. The second-order valence-corrected chi connectivity index (χ2v) is 7.42. The summed E-state index contributed by atoms with van der Waals surface area (Å²) in [6.45, 7) is 3.46. The Labute approximate surface area is 167 Å². The molecular formula is C21H33N3O4. The predicted molar refractivity (Wildman–Crippen MR) is 110 cm³/mol. The van der Waals surface area contributed by atoms with Gasteiger partial charge in [0, 0.05) is 31.7 Å².